The molecule has 3 aromatic carbocycles. The van der Waals surface area contributed by atoms with Crippen LogP contribution in [0.1, 0.15) is 40.0 Å². The fourth-order valence-corrected chi connectivity index (χ4v) is 4.68. The van der Waals surface area contributed by atoms with E-state index in [0.29, 0.717) is 11.1 Å². The molecule has 3 aromatic rings. The lowest BCUT2D eigenvalue weighted by atomic mass is 9.94. The van der Waals surface area contributed by atoms with Gasteiger partial charge in [-0.15, -0.1) is 0 Å². The van der Waals surface area contributed by atoms with Crippen LogP contribution in [0.15, 0.2) is 66.2 Å². The molecule has 1 aliphatic heterocycles. The highest BCUT2D eigenvalue weighted by Crippen LogP contribution is 2.44. The number of aryl methyl sites for hydroxylation is 1. The number of carbonyl (C=O) groups excluding carboxylic acids is 3. The van der Waals surface area contributed by atoms with Crippen molar-refractivity contribution in [3.8, 4) is 11.5 Å². The SMILES string of the molecule is CCOC(=O)c1cccc(N2C(=O)C(=O)/C(=C(/O)c3cc(C)cc(Cl)c3OC)C2c2ccc(O)cc2)c1. The maximum absolute atomic E-state index is 13.4. The highest BCUT2D eigenvalue weighted by atomic mass is 35.5. The van der Waals surface area contributed by atoms with Gasteiger partial charge in [-0.3, -0.25) is 14.5 Å². The predicted molar refractivity (Wildman–Crippen MR) is 138 cm³/mol. The van der Waals surface area contributed by atoms with Crippen molar-refractivity contribution in [3.63, 3.8) is 0 Å². The van der Waals surface area contributed by atoms with E-state index in [4.69, 9.17) is 21.1 Å². The second-order valence-electron chi connectivity index (χ2n) is 8.36. The number of ether oxygens (including phenoxy) is 2. The van der Waals surface area contributed by atoms with Gasteiger partial charge in [-0.25, -0.2) is 4.79 Å². The third-order valence-electron chi connectivity index (χ3n) is 5.94. The van der Waals surface area contributed by atoms with Crippen molar-refractivity contribution < 1.29 is 34.1 Å². The monoisotopic (exact) mass is 521 g/mol. The number of amides is 1. The summed E-state index contributed by atoms with van der Waals surface area (Å²) in [5, 5.41) is 21.5. The Morgan fingerprint density at radius 1 is 1.08 bits per heavy atom. The number of ketones is 1. The Morgan fingerprint density at radius 2 is 1.78 bits per heavy atom. The van der Waals surface area contributed by atoms with Gasteiger partial charge in [0.15, 0.2) is 0 Å². The summed E-state index contributed by atoms with van der Waals surface area (Å²) < 4.78 is 10.5. The zero-order valence-electron chi connectivity index (χ0n) is 20.3. The number of methoxy groups -OCH3 is 1. The Labute approximate surface area is 218 Å². The smallest absolute Gasteiger partial charge is 0.338 e. The number of nitrogens with zero attached hydrogens (tertiary/aromatic N) is 1. The van der Waals surface area contributed by atoms with Gasteiger partial charge in [-0.2, -0.15) is 0 Å². The van der Waals surface area contributed by atoms with Crippen LogP contribution in [0.25, 0.3) is 5.76 Å². The molecule has 0 saturated carbocycles. The summed E-state index contributed by atoms with van der Waals surface area (Å²) in [6, 6.07) is 14.2. The molecule has 2 N–H and O–H groups in total. The minimum Gasteiger partial charge on any atom is -0.508 e. The molecule has 1 unspecified atom stereocenters. The molecule has 1 saturated heterocycles. The standard InChI is InChI=1S/C28H24ClNO7/c1-4-37-28(35)17-6-5-7-18(14-17)30-23(16-8-10-19(31)11-9-16)22(25(33)27(30)34)24(32)20-12-15(2)13-21(29)26(20)36-3/h5-14,23,31-32H,4H2,1-3H3/b24-22+. The van der Waals surface area contributed by atoms with Gasteiger partial charge in [0.1, 0.15) is 17.3 Å². The summed E-state index contributed by atoms with van der Waals surface area (Å²) in [7, 11) is 1.38. The predicted octanol–water partition coefficient (Wildman–Crippen LogP) is 5.17. The topological polar surface area (TPSA) is 113 Å². The average Bonchev–Trinajstić information content (AvgIpc) is 3.14. The number of phenolic OH excluding ortho intramolecular Hbond substituents is 1. The lowest BCUT2D eigenvalue weighted by Gasteiger charge is -2.26. The number of anilines is 1. The first-order valence-corrected chi connectivity index (χ1v) is 11.8. The molecule has 0 aliphatic carbocycles. The normalized spacial score (nSPS) is 16.6. The van der Waals surface area contributed by atoms with Gasteiger partial charge in [-0.05, 0) is 67.4 Å². The second kappa shape index (κ2) is 10.4. The summed E-state index contributed by atoms with van der Waals surface area (Å²) in [4.78, 5) is 40.4. The van der Waals surface area contributed by atoms with Crippen LogP contribution in [-0.2, 0) is 14.3 Å². The van der Waals surface area contributed by atoms with Crippen LogP contribution < -0.4 is 9.64 Å². The molecule has 190 valence electrons. The van der Waals surface area contributed by atoms with E-state index < -0.39 is 29.5 Å². The summed E-state index contributed by atoms with van der Waals surface area (Å²) >= 11 is 6.33. The number of aromatic hydroxyl groups is 1. The van der Waals surface area contributed by atoms with Gasteiger partial charge in [0.25, 0.3) is 11.7 Å². The number of rotatable bonds is 6. The molecule has 1 heterocycles. The van der Waals surface area contributed by atoms with Crippen molar-refractivity contribution in [1.82, 2.24) is 0 Å². The molecular weight excluding hydrogens is 498 g/mol. The number of hydrogen-bond acceptors (Lipinski definition) is 7. The average molecular weight is 522 g/mol. The lowest BCUT2D eigenvalue weighted by molar-refractivity contribution is -0.132. The largest absolute Gasteiger partial charge is 0.508 e. The summed E-state index contributed by atoms with van der Waals surface area (Å²) in [6.07, 6.45) is 0. The van der Waals surface area contributed by atoms with Crippen LogP contribution in [0.4, 0.5) is 5.69 Å². The minimum absolute atomic E-state index is 0.0165. The fourth-order valence-electron chi connectivity index (χ4n) is 4.33. The molecule has 1 atom stereocenters. The van der Waals surface area contributed by atoms with Crippen LogP contribution in [0.2, 0.25) is 5.02 Å². The summed E-state index contributed by atoms with van der Waals surface area (Å²) in [5.74, 6) is -2.76. The number of aliphatic hydroxyl groups is 1. The van der Waals surface area contributed by atoms with Crippen molar-refractivity contribution in [2.45, 2.75) is 19.9 Å². The Hall–Kier alpha value is -4.30. The van der Waals surface area contributed by atoms with Crippen LogP contribution >= 0.6 is 11.6 Å². The first kappa shape index (κ1) is 25.8. The molecule has 8 nitrogen and oxygen atoms in total. The van der Waals surface area contributed by atoms with E-state index in [0.717, 1.165) is 0 Å². The van der Waals surface area contributed by atoms with Gasteiger partial charge >= 0.3 is 5.97 Å². The first-order valence-electron chi connectivity index (χ1n) is 11.4. The van der Waals surface area contributed by atoms with E-state index in [1.165, 1.54) is 36.3 Å². The van der Waals surface area contributed by atoms with Crippen molar-refractivity contribution in [2.24, 2.45) is 0 Å². The molecular formula is C28H24ClNO7. The number of esters is 1. The molecule has 1 fully saturated rings. The zero-order valence-corrected chi connectivity index (χ0v) is 21.1. The van der Waals surface area contributed by atoms with Crippen molar-refractivity contribution in [2.75, 3.05) is 18.6 Å². The van der Waals surface area contributed by atoms with Crippen LogP contribution in [-0.4, -0.2) is 41.6 Å². The van der Waals surface area contributed by atoms with Gasteiger partial charge in [-0.1, -0.05) is 29.8 Å². The number of hydrogen-bond donors (Lipinski definition) is 2. The summed E-state index contributed by atoms with van der Waals surface area (Å²) in [5.41, 5.74) is 1.53. The molecule has 0 radical (unpaired) electrons. The van der Waals surface area contributed by atoms with E-state index in [-0.39, 0.29) is 45.5 Å². The maximum Gasteiger partial charge on any atom is 0.338 e. The third-order valence-corrected chi connectivity index (χ3v) is 6.22. The zero-order chi connectivity index (χ0) is 26.9. The third kappa shape index (κ3) is 4.75. The number of halogens is 1. The lowest BCUT2D eigenvalue weighted by Crippen LogP contribution is -2.29. The van der Waals surface area contributed by atoms with Crippen LogP contribution in [0.3, 0.4) is 0 Å². The van der Waals surface area contributed by atoms with E-state index in [9.17, 15) is 24.6 Å². The Morgan fingerprint density at radius 3 is 2.43 bits per heavy atom. The van der Waals surface area contributed by atoms with Gasteiger partial charge in [0.2, 0.25) is 0 Å². The molecule has 4 rings (SSSR count). The molecule has 0 bridgehead atoms. The molecule has 1 aliphatic rings. The minimum atomic E-state index is -1.08. The number of benzene rings is 3. The Balaban J connectivity index is 1.97. The highest BCUT2D eigenvalue weighted by molar-refractivity contribution is 6.51. The fraction of sp³-hybridized carbons (Fsp3) is 0.179. The Kier molecular flexibility index (Phi) is 7.22. The van der Waals surface area contributed by atoms with Crippen LogP contribution in [0.5, 0.6) is 11.5 Å². The second-order valence-corrected chi connectivity index (χ2v) is 8.77. The molecule has 0 spiro atoms. The number of phenols is 1. The maximum atomic E-state index is 13.4. The number of Topliss-reactive ketones (excluding diaryl/α,β-unsaturated/α-hetero) is 1. The Bertz CT molecular complexity index is 1430. The molecule has 9 heteroatoms. The molecule has 1 amide bonds. The van der Waals surface area contributed by atoms with E-state index >= 15 is 0 Å². The van der Waals surface area contributed by atoms with E-state index in [1.54, 1.807) is 50.2 Å². The van der Waals surface area contributed by atoms with E-state index in [2.05, 4.69) is 0 Å². The van der Waals surface area contributed by atoms with Crippen LogP contribution in [0, 0.1) is 6.92 Å². The van der Waals surface area contributed by atoms with Gasteiger partial charge in [0, 0.05) is 5.69 Å². The quantitative estimate of drug-likeness (QED) is 0.199. The number of carbonyl (C=O) groups is 3. The van der Waals surface area contributed by atoms with Gasteiger partial charge in [0.05, 0.1) is 41.5 Å². The first-order chi connectivity index (χ1) is 17.7. The number of aliphatic hydroxyl groups excluding tert-OH is 1. The van der Waals surface area contributed by atoms with Gasteiger partial charge < -0.3 is 19.7 Å². The molecule has 37 heavy (non-hydrogen) atoms. The highest BCUT2D eigenvalue weighted by Gasteiger charge is 2.47. The van der Waals surface area contributed by atoms with Crippen molar-refractivity contribution in [1.29, 1.82) is 0 Å². The van der Waals surface area contributed by atoms with Crippen molar-refractivity contribution in [3.05, 3.63) is 93.5 Å². The summed E-state index contributed by atoms with van der Waals surface area (Å²) in [6.45, 7) is 3.61. The van der Waals surface area contributed by atoms with E-state index in [1.807, 2.05) is 0 Å². The van der Waals surface area contributed by atoms with Crippen molar-refractivity contribution >= 4 is 40.7 Å². The molecule has 0 aromatic heterocycles.